The minimum atomic E-state index is -3.04. The van der Waals surface area contributed by atoms with Crippen molar-refractivity contribution < 1.29 is 27.9 Å². The van der Waals surface area contributed by atoms with Crippen molar-refractivity contribution in [3.05, 3.63) is 118 Å². The lowest BCUT2D eigenvalue weighted by Crippen LogP contribution is -2.47. The fourth-order valence-electron chi connectivity index (χ4n) is 6.41. The van der Waals surface area contributed by atoms with Gasteiger partial charge in [0.25, 0.3) is 11.5 Å². The van der Waals surface area contributed by atoms with Gasteiger partial charge >= 0.3 is 6.61 Å². The maximum Gasteiger partial charge on any atom is 0.387 e. The Morgan fingerprint density at radius 2 is 1.81 bits per heavy atom. The van der Waals surface area contributed by atoms with Crippen LogP contribution in [0.4, 0.5) is 14.5 Å². The topological polar surface area (TPSA) is 144 Å². The Morgan fingerprint density at radius 3 is 2.59 bits per heavy atom. The number of aromatic nitrogens is 3. The summed E-state index contributed by atoms with van der Waals surface area (Å²) in [5.41, 5.74) is 4.91. The molecule has 11 nitrogen and oxygen atoms in total. The number of carbonyl (C=O) groups is 3. The second-order valence-electron chi connectivity index (χ2n) is 12.7. The number of hydrogen-bond acceptors (Lipinski definition) is 8. The molecule has 0 bridgehead atoms. The van der Waals surface area contributed by atoms with E-state index in [0.29, 0.717) is 51.0 Å². The highest BCUT2D eigenvalue weighted by molar-refractivity contribution is 6.06. The Labute approximate surface area is 307 Å². The third kappa shape index (κ3) is 7.49. The number of benzene rings is 3. The number of fused-ring (bicyclic) bond motifs is 2. The Balaban J connectivity index is 1.06. The summed E-state index contributed by atoms with van der Waals surface area (Å²) in [5.74, 6) is 4.80. The second kappa shape index (κ2) is 15.0. The molecular formula is C41H32F2N6O5. The first-order valence-electron chi connectivity index (χ1n) is 17.0. The van der Waals surface area contributed by atoms with Crippen LogP contribution in [0.3, 0.4) is 0 Å². The van der Waals surface area contributed by atoms with Crippen LogP contribution in [0.15, 0.2) is 96.1 Å². The normalized spacial score (nSPS) is 14.1. The van der Waals surface area contributed by atoms with Gasteiger partial charge in [-0.15, -0.1) is 0 Å². The Bertz CT molecular complexity index is 2590. The summed E-state index contributed by atoms with van der Waals surface area (Å²) in [6.07, 6.45) is 3.93. The SMILES string of the molecule is Cc1cc2c(-c3cccc4cc(-c5ccc(C(=O)NCC#Cc6cccc(NC7CCC(=O)NC7=O)c6)nc5)ncc34)cc(OC(F)F)cc2n(C)c1=O. The van der Waals surface area contributed by atoms with Crippen molar-refractivity contribution in [2.45, 2.75) is 32.4 Å². The molecule has 54 heavy (non-hydrogen) atoms. The van der Waals surface area contributed by atoms with Gasteiger partial charge in [-0.25, -0.2) is 0 Å². The van der Waals surface area contributed by atoms with Crippen molar-refractivity contribution >= 4 is 45.1 Å². The molecule has 1 saturated heterocycles. The molecule has 1 atom stereocenters. The number of rotatable bonds is 8. The van der Waals surface area contributed by atoms with E-state index >= 15 is 0 Å². The second-order valence-corrected chi connectivity index (χ2v) is 12.7. The number of pyridine rings is 3. The van der Waals surface area contributed by atoms with Gasteiger partial charge in [0.2, 0.25) is 11.8 Å². The van der Waals surface area contributed by atoms with Gasteiger partial charge in [0.15, 0.2) is 0 Å². The number of aryl methyl sites for hydroxylation is 2. The van der Waals surface area contributed by atoms with Gasteiger partial charge in [0.05, 0.1) is 17.8 Å². The Kier molecular flexibility index (Phi) is 9.83. The van der Waals surface area contributed by atoms with E-state index in [-0.39, 0.29) is 41.8 Å². The molecule has 0 spiro atoms. The summed E-state index contributed by atoms with van der Waals surface area (Å²) in [7, 11) is 1.59. The van der Waals surface area contributed by atoms with E-state index in [4.69, 9.17) is 4.74 Å². The van der Waals surface area contributed by atoms with Gasteiger partial charge in [-0.1, -0.05) is 36.1 Å². The monoisotopic (exact) mass is 726 g/mol. The fraction of sp³-hybridized carbons (Fsp3) is 0.171. The molecular weight excluding hydrogens is 694 g/mol. The minimum Gasteiger partial charge on any atom is -0.435 e. The number of anilines is 1. The first-order valence-corrected chi connectivity index (χ1v) is 17.0. The average Bonchev–Trinajstić information content (AvgIpc) is 3.16. The van der Waals surface area contributed by atoms with Gasteiger partial charge in [-0.3, -0.25) is 34.5 Å². The van der Waals surface area contributed by atoms with Gasteiger partial charge < -0.3 is 19.9 Å². The molecule has 3 N–H and O–H groups in total. The van der Waals surface area contributed by atoms with Crippen LogP contribution < -0.4 is 26.2 Å². The predicted octanol–water partition coefficient (Wildman–Crippen LogP) is 5.72. The number of nitrogens with one attached hydrogen (secondary N) is 3. The predicted molar refractivity (Wildman–Crippen MR) is 200 cm³/mol. The maximum absolute atomic E-state index is 13.3. The van der Waals surface area contributed by atoms with Gasteiger partial charge in [0, 0.05) is 65.1 Å². The van der Waals surface area contributed by atoms with Crippen LogP contribution in [0.2, 0.25) is 0 Å². The number of alkyl halides is 2. The lowest BCUT2D eigenvalue weighted by atomic mass is 9.94. The maximum atomic E-state index is 13.3. The zero-order valence-electron chi connectivity index (χ0n) is 29.1. The number of piperidine rings is 1. The zero-order valence-corrected chi connectivity index (χ0v) is 29.1. The standard InChI is InChI=1S/C41H32F2N6O5/c1-23-16-31-30(19-28(54-41(42)43)20-36(31)49(2)40(23)53)29-10-4-8-25-18-35(46-22-32(25)29)26-11-12-33(45-21-26)38(51)44-15-5-7-24-6-3-9-27(17-24)47-34-13-14-37(50)48-39(34)52/h3-4,6,8-12,16-22,34,41,47H,13-15H2,1-2H3,(H,44,51)(H,48,50,52). The first-order chi connectivity index (χ1) is 26.0. The van der Waals surface area contributed by atoms with Gasteiger partial charge in [-0.05, 0) is 78.4 Å². The molecule has 0 saturated carbocycles. The number of carbonyl (C=O) groups excluding carboxylic acids is 3. The van der Waals surface area contributed by atoms with Crippen molar-refractivity contribution in [2.75, 3.05) is 11.9 Å². The number of ether oxygens (including phenoxy) is 1. The number of hydrogen-bond donors (Lipinski definition) is 3. The fourth-order valence-corrected chi connectivity index (χ4v) is 6.41. The molecule has 3 aromatic carbocycles. The summed E-state index contributed by atoms with van der Waals surface area (Å²) in [4.78, 5) is 58.0. The summed E-state index contributed by atoms with van der Waals surface area (Å²) < 4.78 is 32.8. The molecule has 0 aliphatic carbocycles. The van der Waals surface area contributed by atoms with Crippen molar-refractivity contribution in [2.24, 2.45) is 7.05 Å². The molecule has 3 aromatic heterocycles. The summed E-state index contributed by atoms with van der Waals surface area (Å²) in [6.45, 7) is -1.26. The van der Waals surface area contributed by atoms with Crippen LogP contribution in [0.5, 0.6) is 5.75 Å². The van der Waals surface area contributed by atoms with E-state index in [9.17, 15) is 28.0 Å². The van der Waals surface area contributed by atoms with Crippen molar-refractivity contribution in [1.29, 1.82) is 0 Å². The van der Waals surface area contributed by atoms with Crippen LogP contribution in [-0.2, 0) is 16.6 Å². The first kappa shape index (κ1) is 35.5. The molecule has 4 heterocycles. The third-order valence-electron chi connectivity index (χ3n) is 9.08. The minimum absolute atomic E-state index is 0.0680. The molecule has 7 rings (SSSR count). The summed E-state index contributed by atoms with van der Waals surface area (Å²) in [5, 5.41) is 10.5. The molecule has 6 aromatic rings. The molecule has 1 unspecified atom stereocenters. The van der Waals surface area contributed by atoms with Gasteiger partial charge in [-0.2, -0.15) is 8.78 Å². The highest BCUT2D eigenvalue weighted by atomic mass is 19.3. The van der Waals surface area contributed by atoms with E-state index in [1.54, 1.807) is 62.8 Å². The van der Waals surface area contributed by atoms with Crippen LogP contribution in [0.25, 0.3) is 44.1 Å². The number of halogens is 2. The molecule has 0 radical (unpaired) electrons. The lowest BCUT2D eigenvalue weighted by Gasteiger charge is -2.22. The Morgan fingerprint density at radius 1 is 0.981 bits per heavy atom. The number of nitrogens with zero attached hydrogens (tertiary/aromatic N) is 3. The van der Waals surface area contributed by atoms with E-state index in [2.05, 4.69) is 37.8 Å². The van der Waals surface area contributed by atoms with Crippen LogP contribution in [0.1, 0.15) is 34.5 Å². The molecule has 270 valence electrons. The number of amides is 3. The van der Waals surface area contributed by atoms with Crippen molar-refractivity contribution in [3.8, 4) is 40.0 Å². The third-order valence-corrected chi connectivity index (χ3v) is 9.08. The molecule has 3 amide bonds. The van der Waals surface area contributed by atoms with E-state index in [0.717, 1.165) is 16.3 Å². The average molecular weight is 727 g/mol. The molecule has 1 aliphatic heterocycles. The van der Waals surface area contributed by atoms with Crippen LogP contribution in [-0.4, -0.2) is 51.5 Å². The van der Waals surface area contributed by atoms with E-state index in [1.807, 2.05) is 36.4 Å². The number of imide groups is 1. The van der Waals surface area contributed by atoms with E-state index in [1.165, 1.54) is 10.6 Å². The molecule has 13 heteroatoms. The quantitative estimate of drug-likeness (QED) is 0.133. The summed E-state index contributed by atoms with van der Waals surface area (Å²) in [6, 6.07) is 22.3. The van der Waals surface area contributed by atoms with Crippen molar-refractivity contribution in [3.63, 3.8) is 0 Å². The molecule has 1 fully saturated rings. The summed E-state index contributed by atoms with van der Waals surface area (Å²) >= 11 is 0. The Hall–Kier alpha value is -6.94. The zero-order chi connectivity index (χ0) is 37.9. The van der Waals surface area contributed by atoms with Crippen LogP contribution in [0, 0.1) is 18.8 Å². The highest BCUT2D eigenvalue weighted by Gasteiger charge is 2.26. The van der Waals surface area contributed by atoms with Gasteiger partial charge in [0.1, 0.15) is 17.5 Å². The lowest BCUT2D eigenvalue weighted by molar-refractivity contribution is -0.133. The van der Waals surface area contributed by atoms with E-state index < -0.39 is 18.6 Å². The smallest absolute Gasteiger partial charge is 0.387 e. The highest BCUT2D eigenvalue weighted by Crippen LogP contribution is 2.37. The van der Waals surface area contributed by atoms with Crippen molar-refractivity contribution in [1.82, 2.24) is 25.2 Å². The van der Waals surface area contributed by atoms with Crippen LogP contribution >= 0.6 is 0 Å². The largest absolute Gasteiger partial charge is 0.435 e. The molecule has 1 aliphatic rings.